The van der Waals surface area contributed by atoms with Crippen molar-refractivity contribution in [3.05, 3.63) is 72.3 Å². The number of hydrogen-bond donors (Lipinski definition) is 3. The first-order valence-corrected chi connectivity index (χ1v) is 7.92. The zero-order valence-corrected chi connectivity index (χ0v) is 14.1. The van der Waals surface area contributed by atoms with E-state index >= 15 is 0 Å². The van der Waals surface area contributed by atoms with Crippen LogP contribution >= 0.6 is 0 Å². The molecule has 0 radical (unpaired) electrons. The predicted molar refractivity (Wildman–Crippen MR) is 99.3 cm³/mol. The summed E-state index contributed by atoms with van der Waals surface area (Å²) in [5.74, 6) is 0.265. The van der Waals surface area contributed by atoms with E-state index < -0.39 is 0 Å². The average Bonchev–Trinajstić information content (AvgIpc) is 3.21. The van der Waals surface area contributed by atoms with Crippen LogP contribution in [0.4, 0.5) is 5.69 Å². The first-order valence-electron chi connectivity index (χ1n) is 7.92. The Balaban J connectivity index is 1.63. The Morgan fingerprint density at radius 2 is 1.96 bits per heavy atom. The van der Waals surface area contributed by atoms with Gasteiger partial charge in [-0.25, -0.2) is 4.98 Å². The molecule has 0 aliphatic rings. The van der Waals surface area contributed by atoms with E-state index in [1.165, 1.54) is 12.3 Å². The van der Waals surface area contributed by atoms with Crippen LogP contribution in [0.3, 0.4) is 0 Å². The van der Waals surface area contributed by atoms with Crippen molar-refractivity contribution >= 4 is 23.6 Å². The molecule has 0 saturated heterocycles. The number of imidazole rings is 1. The first-order chi connectivity index (χ1) is 12.7. The van der Waals surface area contributed by atoms with Gasteiger partial charge in [-0.05, 0) is 42.0 Å². The van der Waals surface area contributed by atoms with Crippen LogP contribution in [0.15, 0.2) is 61.2 Å². The van der Waals surface area contributed by atoms with E-state index in [4.69, 9.17) is 0 Å². The standard InChI is InChI=1S/C19H17N5O2/c1-20-19(26)15-10-13(11-21-12-15)2-7-17(25)24-16-5-3-14(4-6-16)18-22-8-9-23-18/h2-12H,1H3,(H,20,26)(H,22,23)(H,24,25)/b7-2-. The highest BCUT2D eigenvalue weighted by Gasteiger charge is 2.04. The number of hydrogen-bond acceptors (Lipinski definition) is 4. The Hall–Kier alpha value is -3.74. The van der Waals surface area contributed by atoms with E-state index in [0.717, 1.165) is 11.4 Å². The second kappa shape index (κ2) is 7.89. The Morgan fingerprint density at radius 1 is 1.15 bits per heavy atom. The van der Waals surface area contributed by atoms with Crippen LogP contribution in [0, 0.1) is 0 Å². The third-order valence-corrected chi connectivity index (χ3v) is 3.60. The molecule has 0 atom stereocenters. The molecule has 0 unspecified atom stereocenters. The van der Waals surface area contributed by atoms with Gasteiger partial charge in [0.25, 0.3) is 5.91 Å². The molecule has 3 N–H and O–H groups in total. The molecule has 7 heteroatoms. The van der Waals surface area contributed by atoms with Gasteiger partial charge in [0.1, 0.15) is 5.82 Å². The van der Waals surface area contributed by atoms with Gasteiger partial charge in [-0.1, -0.05) is 0 Å². The molecule has 2 amide bonds. The molecule has 3 aromatic rings. The van der Waals surface area contributed by atoms with Crippen LogP contribution in [0.25, 0.3) is 17.5 Å². The van der Waals surface area contributed by atoms with Crippen LogP contribution in [0.2, 0.25) is 0 Å². The van der Waals surface area contributed by atoms with Crippen molar-refractivity contribution < 1.29 is 9.59 Å². The van der Waals surface area contributed by atoms with Gasteiger partial charge in [0, 0.05) is 49.2 Å². The molecule has 0 aliphatic heterocycles. The van der Waals surface area contributed by atoms with E-state index in [0.29, 0.717) is 16.8 Å². The van der Waals surface area contributed by atoms with Gasteiger partial charge in [0.15, 0.2) is 0 Å². The Kier molecular flexibility index (Phi) is 5.19. The van der Waals surface area contributed by atoms with E-state index in [-0.39, 0.29) is 11.8 Å². The molecule has 3 rings (SSSR count). The van der Waals surface area contributed by atoms with Gasteiger partial charge in [-0.15, -0.1) is 0 Å². The number of carbonyl (C=O) groups excluding carboxylic acids is 2. The Morgan fingerprint density at radius 3 is 2.65 bits per heavy atom. The molecule has 2 heterocycles. The first kappa shape index (κ1) is 17.1. The van der Waals surface area contributed by atoms with Crippen molar-refractivity contribution in [1.82, 2.24) is 20.3 Å². The number of pyridine rings is 1. The minimum Gasteiger partial charge on any atom is -0.355 e. The van der Waals surface area contributed by atoms with E-state index in [2.05, 4.69) is 25.6 Å². The lowest BCUT2D eigenvalue weighted by molar-refractivity contribution is -0.111. The summed E-state index contributed by atoms with van der Waals surface area (Å²) in [5, 5.41) is 5.31. The summed E-state index contributed by atoms with van der Waals surface area (Å²) in [6.07, 6.45) is 9.48. The number of rotatable bonds is 5. The number of nitrogens with one attached hydrogen (secondary N) is 3. The quantitative estimate of drug-likeness (QED) is 0.617. The van der Waals surface area contributed by atoms with Gasteiger partial charge in [0.05, 0.1) is 5.56 Å². The summed E-state index contributed by atoms with van der Waals surface area (Å²) in [6.45, 7) is 0. The van der Waals surface area contributed by atoms with Gasteiger partial charge in [0.2, 0.25) is 5.91 Å². The lowest BCUT2D eigenvalue weighted by Crippen LogP contribution is -2.17. The number of nitrogens with zero attached hydrogens (tertiary/aromatic N) is 2. The molecule has 1 aromatic carbocycles. The summed E-state index contributed by atoms with van der Waals surface area (Å²) in [4.78, 5) is 34.9. The van der Waals surface area contributed by atoms with Crippen LogP contribution in [0.1, 0.15) is 15.9 Å². The molecule has 0 aliphatic carbocycles. The summed E-state index contributed by atoms with van der Waals surface area (Å²) in [7, 11) is 1.55. The highest BCUT2D eigenvalue weighted by Crippen LogP contribution is 2.17. The summed E-state index contributed by atoms with van der Waals surface area (Å²) < 4.78 is 0. The average molecular weight is 347 g/mol. The Labute approximate surface area is 150 Å². The monoisotopic (exact) mass is 347 g/mol. The minimum absolute atomic E-state index is 0.228. The third kappa shape index (κ3) is 4.21. The van der Waals surface area contributed by atoms with Gasteiger partial charge < -0.3 is 15.6 Å². The second-order valence-electron chi connectivity index (χ2n) is 5.42. The third-order valence-electron chi connectivity index (χ3n) is 3.60. The molecule has 0 spiro atoms. The fourth-order valence-corrected chi connectivity index (χ4v) is 2.31. The molecule has 0 saturated carbocycles. The number of aromatic amines is 1. The smallest absolute Gasteiger partial charge is 0.252 e. The molecular weight excluding hydrogens is 330 g/mol. The van der Waals surface area contributed by atoms with Gasteiger partial charge in [-0.3, -0.25) is 14.6 Å². The van der Waals surface area contributed by atoms with Crippen molar-refractivity contribution in [3.8, 4) is 11.4 Å². The summed E-state index contributed by atoms with van der Waals surface area (Å²) in [5.41, 5.74) is 2.70. The van der Waals surface area contributed by atoms with E-state index in [9.17, 15) is 9.59 Å². The van der Waals surface area contributed by atoms with Gasteiger partial charge in [-0.2, -0.15) is 0 Å². The SMILES string of the molecule is CNC(=O)c1cncc(/C=C\C(=O)Nc2ccc(-c3ncc[nH]3)cc2)c1. The van der Waals surface area contributed by atoms with Crippen molar-refractivity contribution in [2.45, 2.75) is 0 Å². The fraction of sp³-hybridized carbons (Fsp3) is 0.0526. The lowest BCUT2D eigenvalue weighted by Gasteiger charge is -2.03. The second-order valence-corrected chi connectivity index (χ2v) is 5.42. The maximum absolute atomic E-state index is 12.1. The largest absolute Gasteiger partial charge is 0.355 e. The number of carbonyl (C=O) groups is 2. The van der Waals surface area contributed by atoms with Crippen LogP contribution in [-0.4, -0.2) is 33.8 Å². The minimum atomic E-state index is -0.277. The molecule has 0 bridgehead atoms. The lowest BCUT2D eigenvalue weighted by atomic mass is 10.2. The van der Waals surface area contributed by atoms with Crippen LogP contribution < -0.4 is 10.6 Å². The van der Waals surface area contributed by atoms with E-state index in [1.54, 1.807) is 49.9 Å². The molecule has 130 valence electrons. The van der Waals surface area contributed by atoms with Crippen LogP contribution in [0.5, 0.6) is 0 Å². The van der Waals surface area contributed by atoms with Crippen LogP contribution in [-0.2, 0) is 4.79 Å². The molecular formula is C19H17N5O2. The normalized spacial score (nSPS) is 10.7. The predicted octanol–water partition coefficient (Wildman–Crippen LogP) is 2.48. The topological polar surface area (TPSA) is 99.8 Å². The summed E-state index contributed by atoms with van der Waals surface area (Å²) >= 11 is 0. The molecule has 26 heavy (non-hydrogen) atoms. The maximum atomic E-state index is 12.1. The van der Waals surface area contributed by atoms with Crippen molar-refractivity contribution in [3.63, 3.8) is 0 Å². The number of aromatic nitrogens is 3. The Bertz CT molecular complexity index is 931. The highest BCUT2D eigenvalue weighted by molar-refractivity contribution is 6.02. The zero-order chi connectivity index (χ0) is 18.4. The molecule has 0 fully saturated rings. The molecule has 2 aromatic heterocycles. The van der Waals surface area contributed by atoms with E-state index in [1.807, 2.05) is 12.1 Å². The number of H-pyrrole nitrogens is 1. The van der Waals surface area contributed by atoms with Crippen molar-refractivity contribution in [2.24, 2.45) is 0 Å². The summed E-state index contributed by atoms with van der Waals surface area (Å²) in [6, 6.07) is 9.01. The number of benzene rings is 1. The fourth-order valence-electron chi connectivity index (χ4n) is 2.31. The van der Waals surface area contributed by atoms with Crippen molar-refractivity contribution in [2.75, 3.05) is 12.4 Å². The highest BCUT2D eigenvalue weighted by atomic mass is 16.2. The maximum Gasteiger partial charge on any atom is 0.252 e. The molecule has 7 nitrogen and oxygen atoms in total. The van der Waals surface area contributed by atoms with Crippen molar-refractivity contribution in [1.29, 1.82) is 0 Å². The number of amides is 2. The zero-order valence-electron chi connectivity index (χ0n) is 14.1. The number of anilines is 1. The van der Waals surface area contributed by atoms with Gasteiger partial charge >= 0.3 is 0 Å².